The summed E-state index contributed by atoms with van der Waals surface area (Å²) >= 11 is 0. The Bertz CT molecular complexity index is 1170. The Morgan fingerprint density at radius 1 is 0.659 bits per heavy atom. The average molecular weight is 587 g/mol. The van der Waals surface area contributed by atoms with Gasteiger partial charge < -0.3 is 28.1 Å². The molecule has 0 N–H and O–H groups in total. The Labute approximate surface area is 241 Å². The summed E-state index contributed by atoms with van der Waals surface area (Å²) < 4.78 is 35.0. The normalized spacial score (nSPS) is 22.8. The number of carbonyl (C=O) groups excluding carboxylic acids is 4. The predicted molar refractivity (Wildman–Crippen MR) is 151 cm³/mol. The van der Waals surface area contributed by atoms with Crippen molar-refractivity contribution in [2.45, 2.75) is 84.2 Å². The molecule has 2 aromatic rings. The number of ether oxygens (including phenoxy) is 5. The SMILES string of the molecule is CC(=O)OC1[C@H](OC(C)=O)OC(CO[Si](c2ccccc2)(c2ccccc2)C(C)(C)C)[C@@H](OC(C)=O)[C@H]1OC(C)=O. The van der Waals surface area contributed by atoms with Gasteiger partial charge in [-0.05, 0) is 15.4 Å². The van der Waals surface area contributed by atoms with E-state index in [2.05, 4.69) is 20.8 Å². The van der Waals surface area contributed by atoms with Crippen molar-refractivity contribution in [2.24, 2.45) is 0 Å². The molecule has 1 saturated heterocycles. The van der Waals surface area contributed by atoms with Crippen molar-refractivity contribution < 1.29 is 47.3 Å². The highest BCUT2D eigenvalue weighted by molar-refractivity contribution is 6.99. The molecule has 0 saturated carbocycles. The van der Waals surface area contributed by atoms with Crippen LogP contribution in [0.3, 0.4) is 0 Å². The molecule has 1 aliphatic rings. The largest absolute Gasteiger partial charge is 0.456 e. The molecule has 0 aromatic heterocycles. The van der Waals surface area contributed by atoms with Crippen molar-refractivity contribution in [3.8, 4) is 0 Å². The summed E-state index contributed by atoms with van der Waals surface area (Å²) in [6.07, 6.45) is -6.51. The quantitative estimate of drug-likeness (QED) is 0.246. The number of hydrogen-bond donors (Lipinski definition) is 0. The lowest BCUT2D eigenvalue weighted by Gasteiger charge is -2.47. The van der Waals surface area contributed by atoms with Gasteiger partial charge in [0.05, 0.1) is 6.61 Å². The van der Waals surface area contributed by atoms with E-state index in [1.165, 1.54) is 20.8 Å². The van der Waals surface area contributed by atoms with Crippen LogP contribution in [0, 0.1) is 0 Å². The van der Waals surface area contributed by atoms with Crippen LogP contribution < -0.4 is 10.4 Å². The van der Waals surface area contributed by atoms with Crippen LogP contribution in [-0.2, 0) is 47.3 Å². The summed E-state index contributed by atoms with van der Waals surface area (Å²) in [5, 5.41) is 1.63. The first kappa shape index (κ1) is 32.0. The molecule has 0 amide bonds. The Morgan fingerprint density at radius 2 is 1.07 bits per heavy atom. The van der Waals surface area contributed by atoms with Crippen LogP contribution in [-0.4, -0.2) is 69.5 Å². The molecule has 2 unspecified atom stereocenters. The molecule has 3 rings (SSSR count). The van der Waals surface area contributed by atoms with Crippen molar-refractivity contribution in [3.63, 3.8) is 0 Å². The fourth-order valence-electron chi connectivity index (χ4n) is 5.22. The van der Waals surface area contributed by atoms with Crippen LogP contribution in [0.4, 0.5) is 0 Å². The van der Waals surface area contributed by atoms with E-state index < -0.39 is 62.9 Å². The standard InChI is InChI=1S/C30H38O10Si/c1-19(31)36-26-25(40-29(39-22(4)34)28(38-21(3)33)27(26)37-20(2)32)18-35-41(30(5,6)7,23-14-10-8-11-15-23)24-16-12-9-13-17-24/h8-17,25-29H,18H2,1-7H3/t25?,26-,27-,28?,29-/m1/s1. The van der Waals surface area contributed by atoms with Gasteiger partial charge in [-0.2, -0.15) is 0 Å². The Kier molecular flexibility index (Phi) is 10.5. The molecule has 10 nitrogen and oxygen atoms in total. The number of carbonyl (C=O) groups is 4. The van der Waals surface area contributed by atoms with Gasteiger partial charge in [-0.1, -0.05) is 81.4 Å². The molecular weight excluding hydrogens is 548 g/mol. The van der Waals surface area contributed by atoms with Crippen LogP contribution in [0.15, 0.2) is 60.7 Å². The lowest BCUT2D eigenvalue weighted by Crippen LogP contribution is -2.69. The number of benzene rings is 2. The highest BCUT2D eigenvalue weighted by Crippen LogP contribution is 2.38. The molecule has 0 bridgehead atoms. The molecule has 0 spiro atoms. The van der Waals surface area contributed by atoms with Gasteiger partial charge in [0, 0.05) is 27.7 Å². The second kappa shape index (κ2) is 13.4. The third-order valence-electron chi connectivity index (χ3n) is 6.66. The summed E-state index contributed by atoms with van der Waals surface area (Å²) in [4.78, 5) is 48.4. The molecule has 1 heterocycles. The molecule has 0 radical (unpaired) electrons. The molecule has 1 aliphatic heterocycles. The third-order valence-corrected chi connectivity index (χ3v) is 11.7. The summed E-state index contributed by atoms with van der Waals surface area (Å²) in [5.74, 6) is -2.86. The molecular formula is C30H38O10Si. The van der Waals surface area contributed by atoms with E-state index >= 15 is 0 Å². The molecule has 222 valence electrons. The van der Waals surface area contributed by atoms with Crippen LogP contribution >= 0.6 is 0 Å². The molecule has 2 aromatic carbocycles. The Hall–Kier alpha value is -3.54. The van der Waals surface area contributed by atoms with Gasteiger partial charge in [0.15, 0.2) is 12.2 Å². The summed E-state index contributed by atoms with van der Waals surface area (Å²) in [6.45, 7) is 10.9. The molecule has 41 heavy (non-hydrogen) atoms. The summed E-state index contributed by atoms with van der Waals surface area (Å²) in [5.41, 5.74) is 0. The van der Waals surface area contributed by atoms with Crippen molar-refractivity contribution in [1.82, 2.24) is 0 Å². The highest BCUT2D eigenvalue weighted by atomic mass is 28.4. The maximum absolute atomic E-state index is 12.2. The first-order valence-corrected chi connectivity index (χ1v) is 15.3. The fraction of sp³-hybridized carbons (Fsp3) is 0.467. The van der Waals surface area contributed by atoms with E-state index in [0.717, 1.165) is 17.3 Å². The van der Waals surface area contributed by atoms with Crippen LogP contribution in [0.1, 0.15) is 48.5 Å². The maximum Gasteiger partial charge on any atom is 0.305 e. The Balaban J connectivity index is 2.13. The Morgan fingerprint density at radius 3 is 1.49 bits per heavy atom. The average Bonchev–Trinajstić information content (AvgIpc) is 2.87. The smallest absolute Gasteiger partial charge is 0.305 e. The maximum atomic E-state index is 12.2. The van der Waals surface area contributed by atoms with Crippen LogP contribution in [0.5, 0.6) is 0 Å². The first-order valence-electron chi connectivity index (χ1n) is 13.4. The van der Waals surface area contributed by atoms with Gasteiger partial charge in [0.25, 0.3) is 8.32 Å². The van der Waals surface area contributed by atoms with Crippen molar-refractivity contribution >= 4 is 42.6 Å². The second-order valence-corrected chi connectivity index (χ2v) is 15.2. The lowest BCUT2D eigenvalue weighted by atomic mass is 9.98. The summed E-state index contributed by atoms with van der Waals surface area (Å²) in [6, 6.07) is 19.8. The van der Waals surface area contributed by atoms with E-state index in [9.17, 15) is 19.2 Å². The lowest BCUT2D eigenvalue weighted by molar-refractivity contribution is -0.298. The van der Waals surface area contributed by atoms with Crippen molar-refractivity contribution in [1.29, 1.82) is 0 Å². The first-order chi connectivity index (χ1) is 19.3. The van der Waals surface area contributed by atoms with E-state index in [1.807, 2.05) is 60.7 Å². The third kappa shape index (κ3) is 7.60. The fourth-order valence-corrected chi connectivity index (χ4v) is 9.79. The minimum atomic E-state index is -3.08. The summed E-state index contributed by atoms with van der Waals surface area (Å²) in [7, 11) is -3.08. The van der Waals surface area contributed by atoms with Gasteiger partial charge in [-0.3, -0.25) is 19.2 Å². The number of rotatable bonds is 9. The van der Waals surface area contributed by atoms with Gasteiger partial charge in [0.2, 0.25) is 12.4 Å². The van der Waals surface area contributed by atoms with Gasteiger partial charge in [-0.25, -0.2) is 0 Å². The minimum Gasteiger partial charge on any atom is -0.456 e. The predicted octanol–water partition coefficient (Wildman–Crippen LogP) is 2.65. The molecule has 5 atom stereocenters. The minimum absolute atomic E-state index is 0.131. The monoisotopic (exact) mass is 586 g/mol. The van der Waals surface area contributed by atoms with Crippen LogP contribution in [0.25, 0.3) is 0 Å². The zero-order valence-electron chi connectivity index (χ0n) is 24.4. The van der Waals surface area contributed by atoms with Gasteiger partial charge in [-0.15, -0.1) is 0 Å². The number of hydrogen-bond acceptors (Lipinski definition) is 10. The zero-order chi connectivity index (χ0) is 30.4. The topological polar surface area (TPSA) is 124 Å². The second-order valence-electron chi connectivity index (χ2n) is 10.8. The zero-order valence-corrected chi connectivity index (χ0v) is 25.4. The van der Waals surface area contributed by atoms with E-state index in [4.69, 9.17) is 28.1 Å². The van der Waals surface area contributed by atoms with Crippen LogP contribution in [0.2, 0.25) is 5.04 Å². The van der Waals surface area contributed by atoms with E-state index in [1.54, 1.807) is 0 Å². The van der Waals surface area contributed by atoms with Gasteiger partial charge >= 0.3 is 23.9 Å². The van der Waals surface area contributed by atoms with E-state index in [-0.39, 0.29) is 11.6 Å². The van der Waals surface area contributed by atoms with Crippen molar-refractivity contribution in [2.75, 3.05) is 6.61 Å². The van der Waals surface area contributed by atoms with Gasteiger partial charge in [0.1, 0.15) is 6.10 Å². The molecule has 0 aliphatic carbocycles. The van der Waals surface area contributed by atoms with E-state index in [0.29, 0.717) is 0 Å². The molecule has 11 heteroatoms. The van der Waals surface area contributed by atoms with Crippen molar-refractivity contribution in [3.05, 3.63) is 60.7 Å². The number of esters is 4. The highest BCUT2D eigenvalue weighted by Gasteiger charge is 2.56. The molecule has 1 fully saturated rings.